The number of rotatable bonds is 4. The predicted molar refractivity (Wildman–Crippen MR) is 111 cm³/mol. The zero-order valence-electron chi connectivity index (χ0n) is 17.8. The summed E-state index contributed by atoms with van der Waals surface area (Å²) < 4.78 is 36.3. The summed E-state index contributed by atoms with van der Waals surface area (Å²) >= 11 is 0. The molecule has 2 fully saturated rings. The van der Waals surface area contributed by atoms with Gasteiger partial charge in [0.15, 0.2) is 12.1 Å². The molecular weight excluding hydrogens is 422 g/mol. The Morgan fingerprint density at radius 1 is 1.22 bits per heavy atom. The maximum atomic E-state index is 14.4. The van der Waals surface area contributed by atoms with Gasteiger partial charge in [-0.15, -0.1) is 0 Å². The average molecular weight is 446 g/mol. The SMILES string of the molecule is Cn1c(C(=O)N2CCC(n3c(O)coc3=O)CC2)nc2c(C(C)(F)F)cc(C3CC3)cc21. The number of hydrogen-bond donors (Lipinski definition) is 1. The summed E-state index contributed by atoms with van der Waals surface area (Å²) in [5.41, 5.74) is 1.39. The number of benzene rings is 1. The maximum Gasteiger partial charge on any atom is 0.422 e. The molecule has 0 radical (unpaired) electrons. The average Bonchev–Trinajstić information content (AvgIpc) is 3.48. The van der Waals surface area contributed by atoms with Crippen molar-refractivity contribution >= 4 is 16.9 Å². The Morgan fingerprint density at radius 2 is 1.91 bits per heavy atom. The van der Waals surface area contributed by atoms with Gasteiger partial charge in [0.25, 0.3) is 11.8 Å². The summed E-state index contributed by atoms with van der Waals surface area (Å²) in [5.74, 6) is -3.90. The highest BCUT2D eigenvalue weighted by atomic mass is 19.3. The molecule has 8 nitrogen and oxygen atoms in total. The second-order valence-electron chi connectivity index (χ2n) is 8.85. The van der Waals surface area contributed by atoms with Crippen LogP contribution >= 0.6 is 0 Å². The molecule has 0 bridgehead atoms. The van der Waals surface area contributed by atoms with E-state index in [0.29, 0.717) is 31.4 Å². The molecule has 32 heavy (non-hydrogen) atoms. The number of aromatic hydroxyl groups is 1. The van der Waals surface area contributed by atoms with Crippen molar-refractivity contribution in [2.24, 2.45) is 7.05 Å². The largest absolute Gasteiger partial charge is 0.492 e. The Balaban J connectivity index is 1.44. The van der Waals surface area contributed by atoms with E-state index in [1.165, 1.54) is 10.6 Å². The number of fused-ring (bicyclic) bond motifs is 1. The number of hydrogen-bond acceptors (Lipinski definition) is 5. The molecule has 2 aliphatic rings. The van der Waals surface area contributed by atoms with Crippen LogP contribution in [0.5, 0.6) is 5.88 Å². The van der Waals surface area contributed by atoms with Crippen LogP contribution in [0, 0.1) is 0 Å². The summed E-state index contributed by atoms with van der Waals surface area (Å²) in [7, 11) is 1.67. The number of likely N-dealkylation sites (tertiary alicyclic amines) is 1. The van der Waals surface area contributed by atoms with Crippen LogP contribution in [-0.2, 0) is 13.0 Å². The van der Waals surface area contributed by atoms with Gasteiger partial charge in [0.2, 0.25) is 5.88 Å². The predicted octanol–water partition coefficient (Wildman–Crippen LogP) is 3.50. The topological polar surface area (TPSA) is 93.5 Å². The van der Waals surface area contributed by atoms with Crippen LogP contribution in [0.3, 0.4) is 0 Å². The van der Waals surface area contributed by atoms with Crippen molar-refractivity contribution in [2.45, 2.75) is 50.5 Å². The molecule has 1 aliphatic carbocycles. The number of imidazole rings is 1. The second kappa shape index (κ2) is 7.18. The van der Waals surface area contributed by atoms with E-state index in [9.17, 15) is 23.5 Å². The van der Waals surface area contributed by atoms with Crippen LogP contribution < -0.4 is 5.76 Å². The molecule has 170 valence electrons. The number of aromatic nitrogens is 3. The molecular formula is C22H24F2N4O4. The van der Waals surface area contributed by atoms with Gasteiger partial charge in [-0.25, -0.2) is 23.1 Å². The first-order chi connectivity index (χ1) is 15.1. The second-order valence-corrected chi connectivity index (χ2v) is 8.85. The van der Waals surface area contributed by atoms with Crippen molar-refractivity contribution < 1.29 is 23.1 Å². The minimum atomic E-state index is -3.07. The fraction of sp³-hybridized carbons (Fsp3) is 0.500. The van der Waals surface area contributed by atoms with Crippen LogP contribution in [0.2, 0.25) is 0 Å². The van der Waals surface area contributed by atoms with Gasteiger partial charge in [0.1, 0.15) is 0 Å². The number of halogens is 2. The number of carbonyl (C=O) groups excluding carboxylic acids is 1. The molecule has 1 amide bonds. The molecule has 1 saturated carbocycles. The molecule has 0 spiro atoms. The van der Waals surface area contributed by atoms with Crippen molar-refractivity contribution in [3.63, 3.8) is 0 Å². The molecule has 1 N–H and O–H groups in total. The number of alkyl halides is 2. The minimum Gasteiger partial charge on any atom is -0.492 e. The van der Waals surface area contributed by atoms with Gasteiger partial charge in [-0.3, -0.25) is 4.79 Å². The minimum absolute atomic E-state index is 0.111. The summed E-state index contributed by atoms with van der Waals surface area (Å²) in [4.78, 5) is 31.0. The molecule has 10 heteroatoms. The lowest BCUT2D eigenvalue weighted by Crippen LogP contribution is -2.41. The monoisotopic (exact) mass is 446 g/mol. The standard InChI is InChI=1S/C22H24F2N4O4/c1-22(23,24)15-9-13(12-3-4-12)10-16-18(15)25-19(26(16)2)20(30)27-7-5-14(6-8-27)28-17(29)11-32-21(28)31/h9-12,14,29H,3-8H2,1-2H3. The van der Waals surface area contributed by atoms with Gasteiger partial charge in [-0.05, 0) is 49.3 Å². The maximum absolute atomic E-state index is 14.4. The van der Waals surface area contributed by atoms with E-state index in [1.54, 1.807) is 16.5 Å². The Labute approximate surface area is 182 Å². The molecule has 1 aliphatic heterocycles. The van der Waals surface area contributed by atoms with Crippen LogP contribution in [0.15, 0.2) is 27.6 Å². The van der Waals surface area contributed by atoms with E-state index in [1.807, 2.05) is 6.07 Å². The van der Waals surface area contributed by atoms with Crippen LogP contribution in [-0.4, -0.2) is 43.1 Å². The van der Waals surface area contributed by atoms with Gasteiger partial charge in [-0.2, -0.15) is 0 Å². The van der Waals surface area contributed by atoms with Gasteiger partial charge < -0.3 is 19.0 Å². The van der Waals surface area contributed by atoms with Crippen LogP contribution in [0.4, 0.5) is 8.78 Å². The van der Waals surface area contributed by atoms with E-state index >= 15 is 0 Å². The summed E-state index contributed by atoms with van der Waals surface area (Å²) in [5, 5.41) is 9.83. The quantitative estimate of drug-likeness (QED) is 0.662. The summed E-state index contributed by atoms with van der Waals surface area (Å²) in [6.45, 7) is 1.54. The van der Waals surface area contributed by atoms with Crippen molar-refractivity contribution in [1.82, 2.24) is 19.0 Å². The highest BCUT2D eigenvalue weighted by molar-refractivity contribution is 5.96. The highest BCUT2D eigenvalue weighted by Gasteiger charge is 2.35. The van der Waals surface area contributed by atoms with Crippen LogP contribution in [0.1, 0.15) is 66.3 Å². The van der Waals surface area contributed by atoms with Gasteiger partial charge in [0, 0.05) is 38.7 Å². The lowest BCUT2D eigenvalue weighted by molar-refractivity contribution is 0.0188. The molecule has 2 aromatic heterocycles. The fourth-order valence-corrected chi connectivity index (χ4v) is 4.60. The number of oxazole rings is 1. The van der Waals surface area contributed by atoms with Crippen molar-refractivity contribution in [3.05, 3.63) is 45.9 Å². The van der Waals surface area contributed by atoms with Crippen LogP contribution in [0.25, 0.3) is 11.0 Å². The third-order valence-electron chi connectivity index (χ3n) is 6.55. The molecule has 3 heterocycles. The van der Waals surface area contributed by atoms with Crippen molar-refractivity contribution in [1.29, 1.82) is 0 Å². The molecule has 5 rings (SSSR count). The fourth-order valence-electron chi connectivity index (χ4n) is 4.60. The summed E-state index contributed by atoms with van der Waals surface area (Å²) in [6, 6.07) is 3.12. The van der Waals surface area contributed by atoms with E-state index in [4.69, 9.17) is 4.42 Å². The third-order valence-corrected chi connectivity index (χ3v) is 6.55. The van der Waals surface area contributed by atoms with Gasteiger partial charge in [-0.1, -0.05) is 0 Å². The first-order valence-electron chi connectivity index (χ1n) is 10.7. The lowest BCUT2D eigenvalue weighted by atomic mass is 10.0. The molecule has 0 unspecified atom stereocenters. The lowest BCUT2D eigenvalue weighted by Gasteiger charge is -2.31. The molecule has 1 saturated heterocycles. The highest BCUT2D eigenvalue weighted by Crippen LogP contribution is 2.44. The van der Waals surface area contributed by atoms with Crippen molar-refractivity contribution in [3.8, 4) is 5.88 Å². The molecule has 3 aromatic rings. The normalized spacial score (nSPS) is 17.9. The van der Waals surface area contributed by atoms with Gasteiger partial charge >= 0.3 is 5.76 Å². The molecule has 1 aromatic carbocycles. The zero-order chi connectivity index (χ0) is 22.8. The first kappa shape index (κ1) is 20.7. The zero-order valence-corrected chi connectivity index (χ0v) is 17.8. The van der Waals surface area contributed by atoms with Crippen molar-refractivity contribution in [2.75, 3.05) is 13.1 Å². The summed E-state index contributed by atoms with van der Waals surface area (Å²) in [6.07, 6.45) is 3.86. The Kier molecular flexibility index (Phi) is 4.65. The Bertz CT molecular complexity index is 1260. The number of nitrogens with zero attached hydrogens (tertiary/aromatic N) is 4. The van der Waals surface area contributed by atoms with E-state index in [0.717, 1.165) is 31.6 Å². The Hall–Kier alpha value is -3.17. The van der Waals surface area contributed by atoms with E-state index < -0.39 is 11.7 Å². The number of carbonyl (C=O) groups is 1. The smallest absolute Gasteiger partial charge is 0.422 e. The number of piperidine rings is 1. The first-order valence-corrected chi connectivity index (χ1v) is 10.7. The number of aryl methyl sites for hydroxylation is 1. The molecule has 0 atom stereocenters. The van der Waals surface area contributed by atoms with E-state index in [2.05, 4.69) is 4.98 Å². The van der Waals surface area contributed by atoms with Gasteiger partial charge in [0.05, 0.1) is 11.0 Å². The third kappa shape index (κ3) is 3.37. The Morgan fingerprint density at radius 3 is 2.47 bits per heavy atom. The number of amides is 1. The van der Waals surface area contributed by atoms with E-state index in [-0.39, 0.29) is 40.7 Å².